The van der Waals surface area contributed by atoms with Crippen molar-refractivity contribution in [1.29, 1.82) is 0 Å². The second kappa shape index (κ2) is 9.95. The molecule has 0 aromatic carbocycles. The van der Waals surface area contributed by atoms with Crippen LogP contribution in [0.3, 0.4) is 0 Å². The van der Waals surface area contributed by atoms with E-state index in [1.165, 1.54) is 25.3 Å². The predicted octanol–water partition coefficient (Wildman–Crippen LogP) is 4.92. The summed E-state index contributed by atoms with van der Waals surface area (Å²) in [5, 5.41) is 41.8. The van der Waals surface area contributed by atoms with Crippen molar-refractivity contribution < 1.29 is 20.4 Å². The van der Waals surface area contributed by atoms with Gasteiger partial charge in [0.15, 0.2) is 0 Å². The van der Waals surface area contributed by atoms with Crippen LogP contribution in [0.5, 0.6) is 0 Å². The zero-order valence-corrected chi connectivity index (χ0v) is 21.4. The number of rotatable bonds is 7. The number of fused-ring (bicyclic) bond motifs is 1. The summed E-state index contributed by atoms with van der Waals surface area (Å²) in [6, 6.07) is 0. The molecule has 0 amide bonds. The molecular weight excluding hydrogens is 420 g/mol. The van der Waals surface area contributed by atoms with Gasteiger partial charge in [-0.2, -0.15) is 11.8 Å². The van der Waals surface area contributed by atoms with E-state index in [1.807, 2.05) is 11.8 Å². The maximum atomic E-state index is 10.7. The van der Waals surface area contributed by atoms with Gasteiger partial charge in [-0.05, 0) is 76.5 Å². The Morgan fingerprint density at radius 2 is 1.78 bits per heavy atom. The number of allylic oxidation sites excluding steroid dienone is 4. The molecule has 5 heteroatoms. The molecular formula is C27H44O4S. The second-order valence-corrected chi connectivity index (χ2v) is 12.2. The Hall–Kier alpha value is -0.590. The minimum Gasteiger partial charge on any atom is -0.390 e. The predicted molar refractivity (Wildman–Crippen MR) is 134 cm³/mol. The summed E-state index contributed by atoms with van der Waals surface area (Å²) in [4.78, 5) is 0. The van der Waals surface area contributed by atoms with E-state index in [1.54, 1.807) is 5.57 Å². The molecule has 32 heavy (non-hydrogen) atoms. The van der Waals surface area contributed by atoms with Crippen molar-refractivity contribution in [3.05, 3.63) is 34.9 Å². The van der Waals surface area contributed by atoms with Gasteiger partial charge in [-0.25, -0.2) is 0 Å². The van der Waals surface area contributed by atoms with Gasteiger partial charge in [0.05, 0.1) is 17.8 Å². The molecule has 3 aliphatic carbocycles. The fraction of sp³-hybridized carbons (Fsp3) is 0.778. The van der Waals surface area contributed by atoms with Crippen LogP contribution >= 0.6 is 11.8 Å². The molecule has 5 atom stereocenters. The molecule has 3 aliphatic rings. The molecule has 2 unspecified atom stereocenters. The highest BCUT2D eigenvalue weighted by Gasteiger charge is 2.46. The first-order chi connectivity index (χ1) is 15.0. The lowest BCUT2D eigenvalue weighted by Gasteiger charge is -2.43. The van der Waals surface area contributed by atoms with Crippen LogP contribution in [-0.2, 0) is 0 Å². The van der Waals surface area contributed by atoms with E-state index in [0.29, 0.717) is 24.0 Å². The zero-order valence-electron chi connectivity index (χ0n) is 20.6. The molecule has 0 aromatic rings. The summed E-state index contributed by atoms with van der Waals surface area (Å²) in [7, 11) is 0. The Balaban J connectivity index is 1.71. The number of aliphatic hydroxyl groups excluding tert-OH is 2. The maximum Gasteiger partial charge on any atom is 0.114 e. The fourth-order valence-corrected chi connectivity index (χ4v) is 7.40. The minimum atomic E-state index is -1.44. The Kier molecular flexibility index (Phi) is 8.09. The van der Waals surface area contributed by atoms with E-state index in [0.717, 1.165) is 37.0 Å². The Bertz CT molecular complexity index is 748. The molecule has 182 valence electrons. The average Bonchev–Trinajstić information content (AvgIpc) is 3.12. The summed E-state index contributed by atoms with van der Waals surface area (Å²) in [5.41, 5.74) is 2.18. The topological polar surface area (TPSA) is 80.9 Å². The van der Waals surface area contributed by atoms with Gasteiger partial charge in [-0.15, -0.1) is 0 Å². The number of hydrogen-bond donors (Lipinski definition) is 4. The van der Waals surface area contributed by atoms with Gasteiger partial charge in [0, 0.05) is 11.0 Å². The molecule has 2 saturated carbocycles. The van der Waals surface area contributed by atoms with Crippen LogP contribution in [0.1, 0.15) is 86.0 Å². The van der Waals surface area contributed by atoms with Gasteiger partial charge in [0.2, 0.25) is 0 Å². The van der Waals surface area contributed by atoms with Crippen LogP contribution in [0.15, 0.2) is 34.9 Å². The standard InChI is InChI=1S/C27H44O4S/c1-6-27(31,7-2)17-32-18(3)21-12-13-22-20(9-8-14-25(21,22)4)11-10-19-15-23(28)26(5,30)24(29)16-19/h10-12,18,22-24,28-31H,6-9,13-17H2,1-5H3/b19-10?,20-11+/t18?,22?,23-,24-,25-,26?/m1/s1. The summed E-state index contributed by atoms with van der Waals surface area (Å²) in [6.07, 6.45) is 11.8. The van der Waals surface area contributed by atoms with E-state index in [-0.39, 0.29) is 5.41 Å². The highest BCUT2D eigenvalue weighted by Crippen LogP contribution is 2.57. The first kappa shape index (κ1) is 26.0. The van der Waals surface area contributed by atoms with E-state index in [2.05, 4.69) is 45.9 Å². The lowest BCUT2D eigenvalue weighted by molar-refractivity contribution is -0.144. The molecule has 2 fully saturated rings. The third-order valence-corrected chi connectivity index (χ3v) is 10.2. The normalized spacial score (nSPS) is 37.9. The lowest BCUT2D eigenvalue weighted by Crippen LogP contribution is -2.52. The van der Waals surface area contributed by atoms with Crippen molar-refractivity contribution in [3.8, 4) is 0 Å². The number of thioether (sulfide) groups is 1. The molecule has 4 nitrogen and oxygen atoms in total. The van der Waals surface area contributed by atoms with Crippen molar-refractivity contribution >= 4 is 11.8 Å². The average molecular weight is 465 g/mol. The summed E-state index contributed by atoms with van der Waals surface area (Å²) >= 11 is 1.89. The Labute approximate surface area is 198 Å². The Morgan fingerprint density at radius 1 is 1.16 bits per heavy atom. The third-order valence-electron chi connectivity index (χ3n) is 8.76. The maximum absolute atomic E-state index is 10.7. The molecule has 0 radical (unpaired) electrons. The fourth-order valence-electron chi connectivity index (χ4n) is 5.88. The molecule has 0 bridgehead atoms. The SMILES string of the molecule is CCC(O)(CC)CSC(C)C1=CCC2/C(=C/C=C3C[C@@H](O)C(C)(O)[C@H](O)C3)CCC[C@]12C. The smallest absolute Gasteiger partial charge is 0.114 e. The van der Waals surface area contributed by atoms with Crippen molar-refractivity contribution in [1.82, 2.24) is 0 Å². The van der Waals surface area contributed by atoms with E-state index in [4.69, 9.17) is 0 Å². The van der Waals surface area contributed by atoms with E-state index in [9.17, 15) is 20.4 Å². The lowest BCUT2D eigenvalue weighted by atomic mass is 9.63. The molecule has 0 heterocycles. The molecule has 3 rings (SSSR count). The quantitative estimate of drug-likeness (QED) is 0.402. The van der Waals surface area contributed by atoms with Gasteiger partial charge < -0.3 is 20.4 Å². The van der Waals surface area contributed by atoms with Crippen molar-refractivity contribution in [3.63, 3.8) is 0 Å². The van der Waals surface area contributed by atoms with Crippen molar-refractivity contribution in [2.45, 2.75) is 115 Å². The van der Waals surface area contributed by atoms with Gasteiger partial charge >= 0.3 is 0 Å². The first-order valence-electron chi connectivity index (χ1n) is 12.5. The molecule has 0 aliphatic heterocycles. The van der Waals surface area contributed by atoms with Crippen molar-refractivity contribution in [2.24, 2.45) is 11.3 Å². The second-order valence-electron chi connectivity index (χ2n) is 10.8. The molecule has 0 spiro atoms. The van der Waals surface area contributed by atoms with Crippen LogP contribution in [0, 0.1) is 11.3 Å². The highest BCUT2D eigenvalue weighted by molar-refractivity contribution is 8.00. The van der Waals surface area contributed by atoms with E-state index < -0.39 is 23.4 Å². The van der Waals surface area contributed by atoms with Crippen LogP contribution in [0.25, 0.3) is 0 Å². The summed E-state index contributed by atoms with van der Waals surface area (Å²) < 4.78 is 0. The van der Waals surface area contributed by atoms with Crippen LogP contribution in [0.2, 0.25) is 0 Å². The monoisotopic (exact) mass is 464 g/mol. The van der Waals surface area contributed by atoms with E-state index >= 15 is 0 Å². The molecule has 0 saturated heterocycles. The highest BCUT2D eigenvalue weighted by atomic mass is 32.2. The van der Waals surface area contributed by atoms with Gasteiger partial charge in [0.25, 0.3) is 0 Å². The minimum absolute atomic E-state index is 0.167. The molecule has 4 N–H and O–H groups in total. The van der Waals surface area contributed by atoms with Crippen molar-refractivity contribution in [2.75, 3.05) is 5.75 Å². The third kappa shape index (κ3) is 5.07. The van der Waals surface area contributed by atoms with Gasteiger partial charge in [0.1, 0.15) is 5.60 Å². The van der Waals surface area contributed by atoms with Crippen LogP contribution in [0.4, 0.5) is 0 Å². The van der Waals surface area contributed by atoms with Gasteiger partial charge in [-0.3, -0.25) is 0 Å². The van der Waals surface area contributed by atoms with Crippen LogP contribution < -0.4 is 0 Å². The zero-order chi connectivity index (χ0) is 23.7. The number of hydrogen-bond acceptors (Lipinski definition) is 5. The largest absolute Gasteiger partial charge is 0.390 e. The summed E-state index contributed by atoms with van der Waals surface area (Å²) in [5.74, 6) is 1.28. The van der Waals surface area contributed by atoms with Crippen LogP contribution in [-0.4, -0.2) is 54.8 Å². The number of aliphatic hydroxyl groups is 4. The molecule has 0 aromatic heterocycles. The Morgan fingerprint density at radius 3 is 2.38 bits per heavy atom. The van der Waals surface area contributed by atoms with Gasteiger partial charge in [-0.1, -0.05) is 55.7 Å². The summed E-state index contributed by atoms with van der Waals surface area (Å²) in [6.45, 7) is 10.4. The first-order valence-corrected chi connectivity index (χ1v) is 13.5.